The van der Waals surface area contributed by atoms with E-state index < -0.39 is 0 Å². The maximum absolute atomic E-state index is 12.2. The van der Waals surface area contributed by atoms with Crippen molar-refractivity contribution in [2.45, 2.75) is 44.1 Å². The zero-order chi connectivity index (χ0) is 15.8. The van der Waals surface area contributed by atoms with Crippen molar-refractivity contribution in [2.24, 2.45) is 0 Å². The quantitative estimate of drug-likeness (QED) is 0.553. The van der Waals surface area contributed by atoms with Crippen LogP contribution in [0.4, 0.5) is 5.13 Å². The highest BCUT2D eigenvalue weighted by Crippen LogP contribution is 2.26. The standard InChI is InChI=1S/C13H24N4O2S2/c1-9(2)17(10(3)4)11(18)8-20-13-16-15-12(21-13)14-6-7-19-5/h9-10H,6-8H2,1-5H3,(H,14,15). The number of amides is 1. The summed E-state index contributed by atoms with van der Waals surface area (Å²) in [6.45, 7) is 9.45. The molecule has 1 rings (SSSR count). The van der Waals surface area contributed by atoms with Crippen LogP contribution in [-0.2, 0) is 9.53 Å². The average Bonchev–Trinajstić information content (AvgIpc) is 2.84. The van der Waals surface area contributed by atoms with E-state index in [0.29, 0.717) is 18.9 Å². The second-order valence-corrected chi connectivity index (χ2v) is 7.27. The minimum Gasteiger partial charge on any atom is -0.383 e. The first-order valence-electron chi connectivity index (χ1n) is 6.96. The van der Waals surface area contributed by atoms with Crippen molar-refractivity contribution >= 4 is 34.1 Å². The first-order chi connectivity index (χ1) is 9.95. The van der Waals surface area contributed by atoms with E-state index in [1.54, 1.807) is 7.11 Å². The Bertz CT molecular complexity index is 430. The van der Waals surface area contributed by atoms with Gasteiger partial charge in [-0.25, -0.2) is 0 Å². The lowest BCUT2D eigenvalue weighted by atomic mass is 10.2. The fraction of sp³-hybridized carbons (Fsp3) is 0.769. The number of rotatable bonds is 9. The molecule has 1 amide bonds. The number of nitrogens with zero attached hydrogens (tertiary/aromatic N) is 3. The van der Waals surface area contributed by atoms with E-state index in [2.05, 4.69) is 15.5 Å². The number of hydrogen-bond acceptors (Lipinski definition) is 7. The number of carbonyl (C=O) groups excluding carboxylic acids is 1. The number of ether oxygens (including phenoxy) is 1. The van der Waals surface area contributed by atoms with Gasteiger partial charge < -0.3 is 15.0 Å². The van der Waals surface area contributed by atoms with Crippen LogP contribution in [0.25, 0.3) is 0 Å². The molecule has 0 unspecified atom stereocenters. The van der Waals surface area contributed by atoms with Gasteiger partial charge in [-0.2, -0.15) is 0 Å². The van der Waals surface area contributed by atoms with Gasteiger partial charge in [-0.3, -0.25) is 4.79 Å². The Hall–Kier alpha value is -0.860. The molecule has 0 spiro atoms. The topological polar surface area (TPSA) is 67.3 Å². The Morgan fingerprint density at radius 1 is 1.33 bits per heavy atom. The molecule has 0 aliphatic rings. The van der Waals surface area contributed by atoms with E-state index in [0.717, 1.165) is 9.47 Å². The molecule has 0 bridgehead atoms. The molecular formula is C13H24N4O2S2. The molecule has 0 fully saturated rings. The van der Waals surface area contributed by atoms with Gasteiger partial charge in [0.25, 0.3) is 0 Å². The van der Waals surface area contributed by atoms with Gasteiger partial charge in [0.05, 0.1) is 12.4 Å². The summed E-state index contributed by atoms with van der Waals surface area (Å²) in [6, 6.07) is 0.414. The lowest BCUT2D eigenvalue weighted by Gasteiger charge is -2.30. The first-order valence-corrected chi connectivity index (χ1v) is 8.76. The number of methoxy groups -OCH3 is 1. The van der Waals surface area contributed by atoms with Crippen molar-refractivity contribution in [1.29, 1.82) is 0 Å². The van der Waals surface area contributed by atoms with Crippen molar-refractivity contribution in [2.75, 3.05) is 31.3 Å². The maximum Gasteiger partial charge on any atom is 0.233 e. The predicted octanol–water partition coefficient (Wildman–Crippen LogP) is 2.33. The summed E-state index contributed by atoms with van der Waals surface area (Å²) in [5.41, 5.74) is 0. The predicted molar refractivity (Wildman–Crippen MR) is 88.1 cm³/mol. The Morgan fingerprint density at radius 2 is 2.00 bits per heavy atom. The largest absolute Gasteiger partial charge is 0.383 e. The third kappa shape index (κ3) is 6.19. The second-order valence-electron chi connectivity index (χ2n) is 5.07. The lowest BCUT2D eigenvalue weighted by Crippen LogP contribution is -2.43. The van der Waals surface area contributed by atoms with Crippen LogP contribution in [0.1, 0.15) is 27.7 Å². The molecule has 0 saturated carbocycles. The summed E-state index contributed by atoms with van der Waals surface area (Å²) in [4.78, 5) is 14.1. The number of carbonyl (C=O) groups is 1. The SMILES string of the molecule is COCCNc1nnc(SCC(=O)N(C(C)C)C(C)C)s1. The van der Waals surface area contributed by atoms with Crippen molar-refractivity contribution in [3.05, 3.63) is 0 Å². The summed E-state index contributed by atoms with van der Waals surface area (Å²) in [5, 5.41) is 12.0. The van der Waals surface area contributed by atoms with Gasteiger partial charge in [0.15, 0.2) is 4.34 Å². The molecule has 0 saturated heterocycles. The molecular weight excluding hydrogens is 308 g/mol. The van der Waals surface area contributed by atoms with E-state index in [1.165, 1.54) is 23.1 Å². The molecule has 0 aromatic carbocycles. The van der Waals surface area contributed by atoms with E-state index in [4.69, 9.17) is 4.74 Å². The molecule has 0 aliphatic carbocycles. The van der Waals surface area contributed by atoms with Gasteiger partial charge in [-0.1, -0.05) is 23.1 Å². The molecule has 0 aliphatic heterocycles. The van der Waals surface area contributed by atoms with Crippen LogP contribution in [0.5, 0.6) is 0 Å². The lowest BCUT2D eigenvalue weighted by molar-refractivity contribution is -0.131. The minimum absolute atomic E-state index is 0.133. The average molecular weight is 332 g/mol. The summed E-state index contributed by atoms with van der Waals surface area (Å²) in [5.74, 6) is 0.525. The Labute approximate surface area is 134 Å². The van der Waals surface area contributed by atoms with Crippen molar-refractivity contribution < 1.29 is 9.53 Å². The summed E-state index contributed by atoms with van der Waals surface area (Å²) >= 11 is 2.89. The molecule has 0 atom stereocenters. The highest BCUT2D eigenvalue weighted by molar-refractivity contribution is 8.01. The van der Waals surface area contributed by atoms with Crippen LogP contribution < -0.4 is 5.32 Å². The minimum atomic E-state index is 0.133. The van der Waals surface area contributed by atoms with Crippen molar-refractivity contribution in [3.8, 4) is 0 Å². The third-order valence-corrected chi connectivity index (χ3v) is 4.71. The third-order valence-electron chi connectivity index (χ3n) is 2.71. The van der Waals surface area contributed by atoms with E-state index >= 15 is 0 Å². The van der Waals surface area contributed by atoms with Gasteiger partial charge in [-0.15, -0.1) is 10.2 Å². The summed E-state index contributed by atoms with van der Waals surface area (Å²) in [7, 11) is 1.66. The summed E-state index contributed by atoms with van der Waals surface area (Å²) < 4.78 is 5.76. The fourth-order valence-electron chi connectivity index (χ4n) is 1.97. The van der Waals surface area contributed by atoms with Crippen molar-refractivity contribution in [3.63, 3.8) is 0 Å². The number of anilines is 1. The molecule has 1 N–H and O–H groups in total. The van der Waals surface area contributed by atoms with Crippen LogP contribution >= 0.6 is 23.1 Å². The number of thioether (sulfide) groups is 1. The van der Waals surface area contributed by atoms with Gasteiger partial charge in [0, 0.05) is 25.7 Å². The van der Waals surface area contributed by atoms with Gasteiger partial charge in [0.2, 0.25) is 11.0 Å². The Kier molecular flexibility index (Phi) is 7.98. The van der Waals surface area contributed by atoms with E-state index in [1.807, 2.05) is 32.6 Å². The van der Waals surface area contributed by atoms with Crippen LogP contribution in [-0.4, -0.2) is 59.1 Å². The zero-order valence-corrected chi connectivity index (χ0v) is 14.9. The smallest absolute Gasteiger partial charge is 0.233 e. The number of hydrogen-bond donors (Lipinski definition) is 1. The van der Waals surface area contributed by atoms with E-state index in [-0.39, 0.29) is 18.0 Å². The van der Waals surface area contributed by atoms with E-state index in [9.17, 15) is 4.79 Å². The van der Waals surface area contributed by atoms with Crippen LogP contribution in [0, 0.1) is 0 Å². The molecule has 1 aromatic rings. The summed E-state index contributed by atoms with van der Waals surface area (Å²) in [6.07, 6.45) is 0. The van der Waals surface area contributed by atoms with Crippen molar-refractivity contribution in [1.82, 2.24) is 15.1 Å². The van der Waals surface area contributed by atoms with Crippen LogP contribution in [0.3, 0.4) is 0 Å². The highest BCUT2D eigenvalue weighted by atomic mass is 32.2. The molecule has 120 valence electrons. The van der Waals surface area contributed by atoms with Gasteiger partial charge >= 0.3 is 0 Å². The molecule has 6 nitrogen and oxygen atoms in total. The Morgan fingerprint density at radius 3 is 2.57 bits per heavy atom. The number of aromatic nitrogens is 2. The normalized spacial score (nSPS) is 11.2. The number of nitrogens with one attached hydrogen (secondary N) is 1. The fourth-order valence-corrected chi connectivity index (χ4v) is 3.62. The molecule has 0 radical (unpaired) electrons. The second kappa shape index (κ2) is 9.22. The first kappa shape index (κ1) is 18.2. The van der Waals surface area contributed by atoms with Crippen LogP contribution in [0.15, 0.2) is 4.34 Å². The van der Waals surface area contributed by atoms with Gasteiger partial charge in [-0.05, 0) is 27.7 Å². The Balaban J connectivity index is 2.45. The van der Waals surface area contributed by atoms with Gasteiger partial charge in [0.1, 0.15) is 0 Å². The van der Waals surface area contributed by atoms with Crippen LogP contribution in [0.2, 0.25) is 0 Å². The monoisotopic (exact) mass is 332 g/mol. The highest BCUT2D eigenvalue weighted by Gasteiger charge is 2.20. The molecule has 21 heavy (non-hydrogen) atoms. The molecule has 1 heterocycles. The zero-order valence-electron chi connectivity index (χ0n) is 13.3. The molecule has 1 aromatic heterocycles. The maximum atomic E-state index is 12.2. The molecule has 8 heteroatoms.